The maximum atomic E-state index is 4.69. The molecule has 100 valence electrons. The molecule has 2 rings (SSSR count). The molecule has 0 spiro atoms. The van der Waals surface area contributed by atoms with Gasteiger partial charge in [0.05, 0.1) is 11.4 Å². The molecule has 1 heterocycles. The standard InChI is InChI=1S/C15H18BrN3/c1-4-8-17-15-14(18-10(2)11(3)19-15)12-6-5-7-13(16)9-12/h5-7,9H,4,8H2,1-3H3,(H,17,19). The summed E-state index contributed by atoms with van der Waals surface area (Å²) in [5, 5.41) is 3.36. The van der Waals surface area contributed by atoms with Crippen molar-refractivity contribution in [2.45, 2.75) is 27.2 Å². The van der Waals surface area contributed by atoms with Crippen molar-refractivity contribution >= 4 is 21.7 Å². The van der Waals surface area contributed by atoms with E-state index < -0.39 is 0 Å². The molecule has 0 unspecified atom stereocenters. The van der Waals surface area contributed by atoms with Gasteiger partial charge >= 0.3 is 0 Å². The summed E-state index contributed by atoms with van der Waals surface area (Å²) in [5.41, 5.74) is 3.93. The van der Waals surface area contributed by atoms with E-state index in [4.69, 9.17) is 4.98 Å². The zero-order chi connectivity index (χ0) is 13.8. The minimum absolute atomic E-state index is 0.864. The van der Waals surface area contributed by atoms with Gasteiger partial charge < -0.3 is 5.32 Å². The summed E-state index contributed by atoms with van der Waals surface area (Å²) in [4.78, 5) is 9.32. The summed E-state index contributed by atoms with van der Waals surface area (Å²) < 4.78 is 1.05. The average molecular weight is 320 g/mol. The Bertz CT molecular complexity index is 582. The average Bonchev–Trinajstić information content (AvgIpc) is 2.39. The first-order chi connectivity index (χ1) is 9.11. The summed E-state index contributed by atoms with van der Waals surface area (Å²) in [6.45, 7) is 7.02. The van der Waals surface area contributed by atoms with Gasteiger partial charge in [0.25, 0.3) is 0 Å². The summed E-state index contributed by atoms with van der Waals surface area (Å²) in [6, 6.07) is 8.15. The van der Waals surface area contributed by atoms with Crippen molar-refractivity contribution in [3.8, 4) is 11.3 Å². The minimum Gasteiger partial charge on any atom is -0.368 e. The molecule has 0 aliphatic heterocycles. The second-order valence-corrected chi connectivity index (χ2v) is 5.44. The third-order valence-corrected chi connectivity index (χ3v) is 3.44. The largest absolute Gasteiger partial charge is 0.368 e. The van der Waals surface area contributed by atoms with Gasteiger partial charge in [0.2, 0.25) is 0 Å². The van der Waals surface area contributed by atoms with Gasteiger partial charge in [-0.2, -0.15) is 0 Å². The number of nitrogens with one attached hydrogen (secondary N) is 1. The Morgan fingerprint density at radius 3 is 2.58 bits per heavy atom. The smallest absolute Gasteiger partial charge is 0.152 e. The van der Waals surface area contributed by atoms with Crippen LogP contribution in [0.5, 0.6) is 0 Å². The van der Waals surface area contributed by atoms with Crippen molar-refractivity contribution in [1.29, 1.82) is 0 Å². The van der Waals surface area contributed by atoms with Crippen LogP contribution in [0.25, 0.3) is 11.3 Å². The molecule has 0 fully saturated rings. The molecule has 19 heavy (non-hydrogen) atoms. The zero-order valence-corrected chi connectivity index (χ0v) is 13.1. The molecule has 4 heteroatoms. The SMILES string of the molecule is CCCNc1nc(C)c(C)nc1-c1cccc(Br)c1. The summed E-state index contributed by atoms with van der Waals surface area (Å²) in [6.07, 6.45) is 1.06. The van der Waals surface area contributed by atoms with Crippen LogP contribution in [0.3, 0.4) is 0 Å². The molecular formula is C15H18BrN3. The highest BCUT2D eigenvalue weighted by atomic mass is 79.9. The lowest BCUT2D eigenvalue weighted by Crippen LogP contribution is -2.07. The molecule has 0 bridgehead atoms. The lowest BCUT2D eigenvalue weighted by Gasteiger charge is -2.12. The number of rotatable bonds is 4. The number of aryl methyl sites for hydroxylation is 2. The molecule has 0 atom stereocenters. The number of aromatic nitrogens is 2. The lowest BCUT2D eigenvalue weighted by molar-refractivity contribution is 0.953. The predicted molar refractivity (Wildman–Crippen MR) is 83.4 cm³/mol. The van der Waals surface area contributed by atoms with Gasteiger partial charge in [-0.25, -0.2) is 9.97 Å². The van der Waals surface area contributed by atoms with Crippen molar-refractivity contribution in [2.24, 2.45) is 0 Å². The van der Waals surface area contributed by atoms with Crippen molar-refractivity contribution in [3.05, 3.63) is 40.1 Å². The van der Waals surface area contributed by atoms with Gasteiger partial charge in [-0.3, -0.25) is 0 Å². The molecule has 0 aliphatic carbocycles. The molecular weight excluding hydrogens is 302 g/mol. The van der Waals surface area contributed by atoms with Gasteiger partial charge in [-0.15, -0.1) is 0 Å². The van der Waals surface area contributed by atoms with Crippen LogP contribution in [-0.2, 0) is 0 Å². The number of nitrogens with zero attached hydrogens (tertiary/aromatic N) is 2. The monoisotopic (exact) mass is 319 g/mol. The Morgan fingerprint density at radius 1 is 1.16 bits per heavy atom. The van der Waals surface area contributed by atoms with Crippen molar-refractivity contribution in [2.75, 3.05) is 11.9 Å². The molecule has 0 saturated heterocycles. The highest BCUT2D eigenvalue weighted by Crippen LogP contribution is 2.27. The Kier molecular flexibility index (Phi) is 4.53. The summed E-state index contributed by atoms with van der Waals surface area (Å²) in [5.74, 6) is 0.864. The third-order valence-electron chi connectivity index (χ3n) is 2.95. The van der Waals surface area contributed by atoms with Crippen LogP contribution in [0.15, 0.2) is 28.7 Å². The normalized spacial score (nSPS) is 10.5. The number of benzene rings is 1. The van der Waals surface area contributed by atoms with E-state index >= 15 is 0 Å². The molecule has 0 radical (unpaired) electrons. The lowest BCUT2D eigenvalue weighted by atomic mass is 10.1. The van der Waals surface area contributed by atoms with Crippen LogP contribution in [0.2, 0.25) is 0 Å². The van der Waals surface area contributed by atoms with E-state index in [-0.39, 0.29) is 0 Å². The highest BCUT2D eigenvalue weighted by Gasteiger charge is 2.11. The van der Waals surface area contributed by atoms with Crippen molar-refractivity contribution in [3.63, 3.8) is 0 Å². The first kappa shape index (κ1) is 14.0. The van der Waals surface area contributed by atoms with Gasteiger partial charge in [0, 0.05) is 16.6 Å². The van der Waals surface area contributed by atoms with Crippen molar-refractivity contribution < 1.29 is 0 Å². The zero-order valence-electron chi connectivity index (χ0n) is 11.5. The van der Waals surface area contributed by atoms with Crippen molar-refractivity contribution in [1.82, 2.24) is 9.97 Å². The molecule has 3 nitrogen and oxygen atoms in total. The minimum atomic E-state index is 0.864. The molecule has 1 N–H and O–H groups in total. The number of halogens is 1. The maximum Gasteiger partial charge on any atom is 0.152 e. The van der Waals surface area contributed by atoms with E-state index in [0.29, 0.717) is 0 Å². The first-order valence-corrected chi connectivity index (χ1v) is 7.26. The van der Waals surface area contributed by atoms with Crippen LogP contribution in [0.1, 0.15) is 24.7 Å². The molecule has 1 aromatic heterocycles. The topological polar surface area (TPSA) is 37.8 Å². The van der Waals surface area contributed by atoms with Crippen LogP contribution in [-0.4, -0.2) is 16.5 Å². The van der Waals surface area contributed by atoms with E-state index in [0.717, 1.165) is 45.9 Å². The van der Waals surface area contributed by atoms with Crippen LogP contribution >= 0.6 is 15.9 Å². The van der Waals surface area contributed by atoms with E-state index in [1.165, 1.54) is 0 Å². The molecule has 0 saturated carbocycles. The molecule has 0 amide bonds. The van der Waals surface area contributed by atoms with E-state index in [2.05, 4.69) is 45.3 Å². The Hall–Kier alpha value is -1.42. The summed E-state index contributed by atoms with van der Waals surface area (Å²) >= 11 is 3.50. The third kappa shape index (κ3) is 3.32. The molecule has 2 aromatic rings. The second-order valence-electron chi connectivity index (χ2n) is 4.53. The number of hydrogen-bond donors (Lipinski definition) is 1. The fourth-order valence-corrected chi connectivity index (χ4v) is 2.21. The van der Waals surface area contributed by atoms with Crippen LogP contribution in [0, 0.1) is 13.8 Å². The van der Waals surface area contributed by atoms with Gasteiger partial charge in [-0.1, -0.05) is 35.0 Å². The fraction of sp³-hybridized carbons (Fsp3) is 0.333. The van der Waals surface area contributed by atoms with E-state index in [9.17, 15) is 0 Å². The summed E-state index contributed by atoms with van der Waals surface area (Å²) in [7, 11) is 0. The van der Waals surface area contributed by atoms with Crippen LogP contribution in [0.4, 0.5) is 5.82 Å². The van der Waals surface area contributed by atoms with E-state index in [1.807, 2.05) is 26.0 Å². The second kappa shape index (κ2) is 6.15. The maximum absolute atomic E-state index is 4.69. The first-order valence-electron chi connectivity index (χ1n) is 6.47. The Morgan fingerprint density at radius 2 is 1.89 bits per heavy atom. The molecule has 1 aromatic carbocycles. The number of anilines is 1. The highest BCUT2D eigenvalue weighted by molar-refractivity contribution is 9.10. The van der Waals surface area contributed by atoms with E-state index in [1.54, 1.807) is 0 Å². The Balaban J connectivity index is 2.50. The van der Waals surface area contributed by atoms with Gasteiger partial charge in [0.15, 0.2) is 5.82 Å². The predicted octanol–water partition coefficient (Wildman–Crippen LogP) is 4.34. The molecule has 0 aliphatic rings. The fourth-order valence-electron chi connectivity index (χ4n) is 1.81. The van der Waals surface area contributed by atoms with Crippen LogP contribution < -0.4 is 5.32 Å². The van der Waals surface area contributed by atoms with Gasteiger partial charge in [0.1, 0.15) is 5.69 Å². The Labute approximate surface area is 122 Å². The quantitative estimate of drug-likeness (QED) is 0.910. The number of hydrogen-bond acceptors (Lipinski definition) is 3. The van der Waals surface area contributed by atoms with Gasteiger partial charge in [-0.05, 0) is 32.4 Å².